The Balaban J connectivity index is 2.01. The summed E-state index contributed by atoms with van der Waals surface area (Å²) in [7, 11) is 0. The second-order valence-electron chi connectivity index (χ2n) is 4.61. The van der Waals surface area contributed by atoms with Crippen LogP contribution in [0.1, 0.15) is 21.9 Å². The van der Waals surface area contributed by atoms with Crippen molar-refractivity contribution < 1.29 is 18.7 Å². The van der Waals surface area contributed by atoms with E-state index in [2.05, 4.69) is 0 Å². The summed E-state index contributed by atoms with van der Waals surface area (Å²) in [5.41, 5.74) is 1.53. The highest BCUT2D eigenvalue weighted by atomic mass is 19.1. The van der Waals surface area contributed by atoms with E-state index in [1.807, 2.05) is 10.6 Å². The second kappa shape index (κ2) is 4.52. The molecule has 20 heavy (non-hydrogen) atoms. The van der Waals surface area contributed by atoms with Crippen molar-refractivity contribution in [2.24, 2.45) is 0 Å². The summed E-state index contributed by atoms with van der Waals surface area (Å²) in [6.07, 6.45) is 1.78. The summed E-state index contributed by atoms with van der Waals surface area (Å²) in [5, 5.41) is 9.45. The van der Waals surface area contributed by atoms with Crippen LogP contribution in [0.4, 0.5) is 4.39 Å². The van der Waals surface area contributed by atoms with Crippen LogP contribution < -0.4 is 0 Å². The number of hydrogen-bond acceptors (Lipinski definition) is 2. The maximum atomic E-state index is 13.6. The van der Waals surface area contributed by atoms with Gasteiger partial charge in [-0.3, -0.25) is 0 Å². The molecule has 0 saturated carbocycles. The normalized spacial score (nSPS) is 11.1. The lowest BCUT2D eigenvalue weighted by atomic mass is 10.2. The average Bonchev–Trinajstić information content (AvgIpc) is 2.97. The summed E-state index contributed by atoms with van der Waals surface area (Å²) in [6, 6.07) is 8.10. The Hall–Kier alpha value is -2.56. The van der Waals surface area contributed by atoms with Gasteiger partial charge in [0.1, 0.15) is 11.6 Å². The standard InChI is InChI=1S/C15H12FNO3/c1-9-10(7-14(20-9)15(18)19)8-17-6-5-11-12(16)3-2-4-13(11)17/h2-7H,8H2,1H3,(H,18,19). The van der Waals surface area contributed by atoms with E-state index in [-0.39, 0.29) is 11.6 Å². The molecule has 0 aliphatic rings. The van der Waals surface area contributed by atoms with Gasteiger partial charge in [-0.05, 0) is 31.2 Å². The fourth-order valence-corrected chi connectivity index (χ4v) is 2.29. The maximum Gasteiger partial charge on any atom is 0.371 e. The van der Waals surface area contributed by atoms with Gasteiger partial charge in [-0.15, -0.1) is 0 Å². The molecular formula is C15H12FNO3. The zero-order valence-electron chi connectivity index (χ0n) is 10.8. The molecule has 0 atom stereocenters. The molecule has 0 saturated heterocycles. The molecule has 0 aliphatic carbocycles. The van der Waals surface area contributed by atoms with Crippen LogP contribution >= 0.6 is 0 Å². The summed E-state index contributed by atoms with van der Waals surface area (Å²) >= 11 is 0. The molecule has 4 nitrogen and oxygen atoms in total. The molecule has 2 aromatic heterocycles. The number of hydrogen-bond donors (Lipinski definition) is 1. The van der Waals surface area contributed by atoms with Gasteiger partial charge < -0.3 is 14.1 Å². The van der Waals surface area contributed by atoms with E-state index >= 15 is 0 Å². The van der Waals surface area contributed by atoms with Crippen molar-refractivity contribution in [1.29, 1.82) is 0 Å². The number of benzene rings is 1. The number of rotatable bonds is 3. The number of aromatic carboxylic acids is 1. The Morgan fingerprint density at radius 2 is 2.20 bits per heavy atom. The van der Waals surface area contributed by atoms with Crippen LogP contribution in [-0.4, -0.2) is 15.6 Å². The Morgan fingerprint density at radius 1 is 1.40 bits per heavy atom. The molecule has 0 radical (unpaired) electrons. The molecule has 1 N–H and O–H groups in total. The first-order chi connectivity index (χ1) is 9.56. The third kappa shape index (κ3) is 1.97. The van der Waals surface area contributed by atoms with E-state index in [0.717, 1.165) is 11.1 Å². The van der Waals surface area contributed by atoms with E-state index in [1.54, 1.807) is 25.3 Å². The minimum absolute atomic E-state index is 0.0832. The van der Waals surface area contributed by atoms with Crippen LogP contribution in [0.15, 0.2) is 40.9 Å². The van der Waals surface area contributed by atoms with Crippen LogP contribution in [0.5, 0.6) is 0 Å². The van der Waals surface area contributed by atoms with Gasteiger partial charge in [-0.2, -0.15) is 0 Å². The highest BCUT2D eigenvalue weighted by Gasteiger charge is 2.14. The van der Waals surface area contributed by atoms with Crippen molar-refractivity contribution in [3.05, 3.63) is 59.4 Å². The lowest BCUT2D eigenvalue weighted by molar-refractivity contribution is 0.0661. The van der Waals surface area contributed by atoms with Gasteiger partial charge in [0.2, 0.25) is 5.76 Å². The molecule has 0 aliphatic heterocycles. The first-order valence-corrected chi connectivity index (χ1v) is 6.12. The number of carboxylic acids is 1. The zero-order chi connectivity index (χ0) is 14.3. The molecule has 0 fully saturated rings. The number of halogens is 1. The second-order valence-corrected chi connectivity index (χ2v) is 4.61. The number of carbonyl (C=O) groups is 1. The number of carboxylic acid groups (broad SMARTS) is 1. The fourth-order valence-electron chi connectivity index (χ4n) is 2.29. The molecule has 2 heterocycles. The van der Waals surface area contributed by atoms with Crippen molar-refractivity contribution in [1.82, 2.24) is 4.57 Å². The fraction of sp³-hybridized carbons (Fsp3) is 0.133. The number of furan rings is 1. The first-order valence-electron chi connectivity index (χ1n) is 6.12. The van der Waals surface area contributed by atoms with Gasteiger partial charge in [0, 0.05) is 17.1 Å². The van der Waals surface area contributed by atoms with Crippen molar-refractivity contribution in [2.75, 3.05) is 0 Å². The highest BCUT2D eigenvalue weighted by molar-refractivity contribution is 5.85. The predicted octanol–water partition coefficient (Wildman–Crippen LogP) is 3.43. The van der Waals surface area contributed by atoms with E-state index in [0.29, 0.717) is 17.7 Å². The first kappa shape index (κ1) is 12.5. The largest absolute Gasteiger partial charge is 0.475 e. The number of fused-ring (bicyclic) bond motifs is 1. The Kier molecular flexibility index (Phi) is 2.82. The molecule has 3 aromatic rings. The predicted molar refractivity (Wildman–Crippen MR) is 71.4 cm³/mol. The third-order valence-corrected chi connectivity index (χ3v) is 3.33. The number of nitrogens with zero attached hydrogens (tertiary/aromatic N) is 1. The molecule has 5 heteroatoms. The minimum Gasteiger partial charge on any atom is -0.475 e. The van der Waals surface area contributed by atoms with E-state index in [1.165, 1.54) is 12.1 Å². The lowest BCUT2D eigenvalue weighted by Gasteiger charge is -2.04. The van der Waals surface area contributed by atoms with Crippen LogP contribution in [-0.2, 0) is 6.54 Å². The van der Waals surface area contributed by atoms with Crippen LogP contribution in [0.25, 0.3) is 10.9 Å². The molecule has 1 aromatic carbocycles. The SMILES string of the molecule is Cc1oc(C(=O)O)cc1Cn1ccc2c(F)cccc21. The molecule has 3 rings (SSSR count). The average molecular weight is 273 g/mol. The number of aryl methyl sites for hydroxylation is 1. The highest BCUT2D eigenvalue weighted by Crippen LogP contribution is 2.22. The molecule has 0 unspecified atom stereocenters. The van der Waals surface area contributed by atoms with Crippen LogP contribution in [0.3, 0.4) is 0 Å². The Labute approximate surface area is 114 Å². The minimum atomic E-state index is -1.09. The molecule has 102 valence electrons. The van der Waals surface area contributed by atoms with Crippen LogP contribution in [0, 0.1) is 12.7 Å². The smallest absolute Gasteiger partial charge is 0.371 e. The zero-order valence-corrected chi connectivity index (χ0v) is 10.8. The topological polar surface area (TPSA) is 55.4 Å². The van der Waals surface area contributed by atoms with Gasteiger partial charge in [0.05, 0.1) is 12.1 Å². The summed E-state index contributed by atoms with van der Waals surface area (Å²) < 4.78 is 20.7. The van der Waals surface area contributed by atoms with Gasteiger partial charge >= 0.3 is 5.97 Å². The molecule has 0 spiro atoms. The summed E-state index contributed by atoms with van der Waals surface area (Å²) in [4.78, 5) is 10.9. The Morgan fingerprint density at radius 3 is 2.90 bits per heavy atom. The van der Waals surface area contributed by atoms with Gasteiger partial charge in [-0.1, -0.05) is 6.07 Å². The van der Waals surface area contributed by atoms with Crippen molar-refractivity contribution in [2.45, 2.75) is 13.5 Å². The van der Waals surface area contributed by atoms with Crippen molar-refractivity contribution in [3.8, 4) is 0 Å². The third-order valence-electron chi connectivity index (χ3n) is 3.33. The van der Waals surface area contributed by atoms with E-state index in [9.17, 15) is 9.18 Å². The number of aromatic nitrogens is 1. The van der Waals surface area contributed by atoms with Gasteiger partial charge in [-0.25, -0.2) is 9.18 Å². The van der Waals surface area contributed by atoms with E-state index in [4.69, 9.17) is 9.52 Å². The lowest BCUT2D eigenvalue weighted by Crippen LogP contribution is -1.98. The van der Waals surface area contributed by atoms with Crippen molar-refractivity contribution in [3.63, 3.8) is 0 Å². The monoisotopic (exact) mass is 273 g/mol. The van der Waals surface area contributed by atoms with Gasteiger partial charge in [0.15, 0.2) is 0 Å². The van der Waals surface area contributed by atoms with Gasteiger partial charge in [0.25, 0.3) is 0 Å². The maximum absolute atomic E-state index is 13.6. The van der Waals surface area contributed by atoms with Crippen LogP contribution in [0.2, 0.25) is 0 Å². The van der Waals surface area contributed by atoms with E-state index < -0.39 is 5.97 Å². The molecule has 0 bridgehead atoms. The van der Waals surface area contributed by atoms with Crippen molar-refractivity contribution >= 4 is 16.9 Å². The summed E-state index contributed by atoms with van der Waals surface area (Å²) in [5.74, 6) is -0.889. The quantitative estimate of drug-likeness (QED) is 0.795. The Bertz CT molecular complexity index is 801. The molecule has 0 amide bonds. The summed E-state index contributed by atoms with van der Waals surface area (Å²) in [6.45, 7) is 2.16. The molecular weight excluding hydrogens is 261 g/mol.